The number of aliphatic hydroxyl groups is 1. The molecule has 0 spiro atoms. The quantitative estimate of drug-likeness (QED) is 0.697. The van der Waals surface area contributed by atoms with Gasteiger partial charge in [-0.05, 0) is 50.5 Å². The third kappa shape index (κ3) is 4.19. The summed E-state index contributed by atoms with van der Waals surface area (Å²) in [4.78, 5) is 0.593. The third-order valence-electron chi connectivity index (χ3n) is 4.17. The maximum atomic E-state index is 9.99. The van der Waals surface area contributed by atoms with Crippen molar-refractivity contribution in [1.82, 2.24) is 10.6 Å². The van der Waals surface area contributed by atoms with Gasteiger partial charge in [0, 0.05) is 11.4 Å². The van der Waals surface area contributed by atoms with Crippen LogP contribution < -0.4 is 10.6 Å². The van der Waals surface area contributed by atoms with Crippen LogP contribution in [0.3, 0.4) is 0 Å². The van der Waals surface area contributed by atoms with E-state index in [2.05, 4.69) is 33.5 Å². The molecule has 0 aromatic carbocycles. The minimum atomic E-state index is -0.114. The zero-order chi connectivity index (χ0) is 12.3. The Labute approximate surface area is 113 Å². The van der Waals surface area contributed by atoms with Crippen molar-refractivity contribution in [1.29, 1.82) is 0 Å². The van der Waals surface area contributed by atoms with Crippen LogP contribution in [0.5, 0.6) is 0 Å². The van der Waals surface area contributed by atoms with Gasteiger partial charge in [0.15, 0.2) is 0 Å². The van der Waals surface area contributed by atoms with Gasteiger partial charge in [-0.3, -0.25) is 0 Å². The Hall–Kier alpha value is 0.360. The molecule has 0 aromatic heterocycles. The lowest BCUT2D eigenvalue weighted by atomic mass is 9.86. The summed E-state index contributed by atoms with van der Waals surface area (Å²) in [5, 5.41) is 17.1. The van der Waals surface area contributed by atoms with Gasteiger partial charge in [-0.15, -0.1) is 0 Å². The van der Waals surface area contributed by atoms with Gasteiger partial charge < -0.3 is 15.7 Å². The third-order valence-corrected chi connectivity index (χ3v) is 5.00. The molecule has 0 amide bonds. The van der Waals surface area contributed by atoms with Crippen LogP contribution in [0.4, 0.5) is 0 Å². The van der Waals surface area contributed by atoms with Crippen molar-refractivity contribution in [3.05, 3.63) is 0 Å². The van der Waals surface area contributed by atoms with E-state index in [4.69, 9.17) is 0 Å². The zero-order valence-electron chi connectivity index (χ0n) is 10.7. The predicted octanol–water partition coefficient (Wildman–Crippen LogP) is 1.85. The summed E-state index contributed by atoms with van der Waals surface area (Å²) >= 11 is 3.68. The molecular formula is C13H25BrN2O. The Bertz CT molecular complexity index is 239. The smallest absolute Gasteiger partial charge is 0.0581 e. The van der Waals surface area contributed by atoms with E-state index in [-0.39, 0.29) is 6.10 Å². The molecule has 2 aliphatic rings. The predicted molar refractivity (Wildman–Crippen MR) is 74.3 cm³/mol. The van der Waals surface area contributed by atoms with Crippen LogP contribution in [0.1, 0.15) is 39.0 Å². The largest absolute Gasteiger partial charge is 0.393 e. The number of halogens is 1. The van der Waals surface area contributed by atoms with Gasteiger partial charge in [0.05, 0.1) is 12.3 Å². The van der Waals surface area contributed by atoms with Crippen LogP contribution >= 0.6 is 15.9 Å². The molecule has 1 saturated carbocycles. The highest BCUT2D eigenvalue weighted by Gasteiger charge is 2.28. The average Bonchev–Trinajstić information content (AvgIpc) is 2.30. The molecule has 5 unspecified atom stereocenters. The van der Waals surface area contributed by atoms with Gasteiger partial charge in [0.2, 0.25) is 0 Å². The molecule has 2 fully saturated rings. The lowest BCUT2D eigenvalue weighted by molar-refractivity contribution is 0.0688. The van der Waals surface area contributed by atoms with Crippen molar-refractivity contribution in [2.45, 2.75) is 56.1 Å². The Morgan fingerprint density at radius 1 is 1.29 bits per heavy atom. The van der Waals surface area contributed by atoms with E-state index in [0.29, 0.717) is 16.9 Å². The highest BCUT2D eigenvalue weighted by atomic mass is 79.9. The molecule has 0 aromatic rings. The summed E-state index contributed by atoms with van der Waals surface area (Å²) in [5.41, 5.74) is 0. The van der Waals surface area contributed by atoms with Crippen LogP contribution in [0.2, 0.25) is 0 Å². The molecular weight excluding hydrogens is 280 g/mol. The fourth-order valence-electron chi connectivity index (χ4n) is 2.97. The molecule has 100 valence electrons. The van der Waals surface area contributed by atoms with E-state index >= 15 is 0 Å². The summed E-state index contributed by atoms with van der Waals surface area (Å²) in [6, 6.07) is 0. The van der Waals surface area contributed by atoms with E-state index in [0.717, 1.165) is 38.3 Å². The topological polar surface area (TPSA) is 44.3 Å². The first-order valence-corrected chi connectivity index (χ1v) is 7.85. The molecule has 3 N–H and O–H groups in total. The second-order valence-corrected chi connectivity index (χ2v) is 7.08. The van der Waals surface area contributed by atoms with Crippen molar-refractivity contribution in [3.8, 4) is 0 Å². The summed E-state index contributed by atoms with van der Waals surface area (Å²) in [6.45, 7) is 4.38. The maximum Gasteiger partial charge on any atom is 0.0581 e. The Morgan fingerprint density at radius 3 is 2.88 bits per heavy atom. The number of nitrogens with one attached hydrogen (secondary N) is 2. The van der Waals surface area contributed by atoms with Crippen molar-refractivity contribution >= 4 is 15.9 Å². The first-order chi connectivity index (χ1) is 8.15. The molecule has 0 bridgehead atoms. The molecule has 3 nitrogen and oxygen atoms in total. The second kappa shape index (κ2) is 6.50. The highest BCUT2D eigenvalue weighted by molar-refractivity contribution is 9.09. The minimum absolute atomic E-state index is 0.114. The minimum Gasteiger partial charge on any atom is -0.393 e. The van der Waals surface area contributed by atoms with E-state index < -0.39 is 0 Å². The van der Waals surface area contributed by atoms with Gasteiger partial charge >= 0.3 is 0 Å². The van der Waals surface area contributed by atoms with Crippen molar-refractivity contribution in [2.24, 2.45) is 11.8 Å². The Morgan fingerprint density at radius 2 is 2.12 bits per heavy atom. The number of piperidine rings is 1. The molecule has 5 atom stereocenters. The van der Waals surface area contributed by atoms with E-state index in [1.165, 1.54) is 12.8 Å². The Balaban J connectivity index is 1.72. The van der Waals surface area contributed by atoms with Crippen LogP contribution in [0, 0.1) is 11.8 Å². The van der Waals surface area contributed by atoms with Crippen LogP contribution in [-0.4, -0.2) is 35.3 Å². The summed E-state index contributed by atoms with van der Waals surface area (Å²) in [6.07, 6.45) is 5.97. The number of hydrogen-bond donors (Lipinski definition) is 3. The van der Waals surface area contributed by atoms with Crippen LogP contribution in [0.15, 0.2) is 0 Å². The highest BCUT2D eigenvalue weighted by Crippen LogP contribution is 2.29. The summed E-state index contributed by atoms with van der Waals surface area (Å²) in [5.74, 6) is 1.22. The van der Waals surface area contributed by atoms with Gasteiger partial charge in [-0.25, -0.2) is 0 Å². The number of hydrogen-bond acceptors (Lipinski definition) is 3. The zero-order valence-corrected chi connectivity index (χ0v) is 12.2. The maximum absolute atomic E-state index is 9.99. The van der Waals surface area contributed by atoms with E-state index in [9.17, 15) is 5.11 Å². The molecule has 0 radical (unpaired) electrons. The SMILES string of the molecule is CC1CCNC(NCC2CC(Br)CCC2O)C1. The van der Waals surface area contributed by atoms with Crippen molar-refractivity contribution in [2.75, 3.05) is 13.1 Å². The van der Waals surface area contributed by atoms with Crippen molar-refractivity contribution < 1.29 is 5.11 Å². The van der Waals surface area contributed by atoms with E-state index in [1.807, 2.05) is 0 Å². The van der Waals surface area contributed by atoms with Crippen LogP contribution in [-0.2, 0) is 0 Å². The molecule has 1 heterocycles. The summed E-state index contributed by atoms with van der Waals surface area (Å²) < 4.78 is 0. The Kier molecular flexibility index (Phi) is 5.27. The molecule has 1 saturated heterocycles. The fraction of sp³-hybridized carbons (Fsp3) is 1.00. The molecule has 17 heavy (non-hydrogen) atoms. The molecule has 4 heteroatoms. The average molecular weight is 305 g/mol. The van der Waals surface area contributed by atoms with Crippen LogP contribution in [0.25, 0.3) is 0 Å². The fourth-order valence-corrected chi connectivity index (χ4v) is 3.71. The molecule has 1 aliphatic heterocycles. The normalized spacial score (nSPS) is 43.6. The van der Waals surface area contributed by atoms with E-state index in [1.54, 1.807) is 0 Å². The van der Waals surface area contributed by atoms with Gasteiger partial charge in [0.1, 0.15) is 0 Å². The first-order valence-electron chi connectivity index (χ1n) is 6.94. The monoisotopic (exact) mass is 304 g/mol. The number of alkyl halides is 1. The van der Waals surface area contributed by atoms with Gasteiger partial charge in [-0.2, -0.15) is 0 Å². The number of rotatable bonds is 3. The van der Waals surface area contributed by atoms with Crippen molar-refractivity contribution in [3.63, 3.8) is 0 Å². The molecule has 2 rings (SSSR count). The standard InChI is InChI=1S/C13H25BrN2O/c1-9-4-5-15-13(6-9)16-8-10-7-11(14)2-3-12(10)17/h9-13,15-17H,2-8H2,1H3. The second-order valence-electron chi connectivity index (χ2n) is 5.78. The lowest BCUT2D eigenvalue weighted by Gasteiger charge is -2.34. The van der Waals surface area contributed by atoms with Gasteiger partial charge in [0.25, 0.3) is 0 Å². The number of aliphatic hydroxyl groups excluding tert-OH is 1. The van der Waals surface area contributed by atoms with Gasteiger partial charge in [-0.1, -0.05) is 22.9 Å². The summed E-state index contributed by atoms with van der Waals surface area (Å²) in [7, 11) is 0. The first kappa shape index (κ1) is 13.8. The lowest BCUT2D eigenvalue weighted by Crippen LogP contribution is -2.50. The molecule has 1 aliphatic carbocycles.